The van der Waals surface area contributed by atoms with Gasteiger partial charge in [-0.3, -0.25) is 10.1 Å². The average Bonchev–Trinajstić information content (AvgIpc) is 3.35. The zero-order chi connectivity index (χ0) is 21.3. The molecular weight excluding hydrogens is 420 g/mol. The van der Waals surface area contributed by atoms with Crippen LogP contribution in [0.3, 0.4) is 0 Å². The first-order chi connectivity index (χ1) is 14.6. The number of hydrogen-bond donors (Lipinski definition) is 1. The van der Waals surface area contributed by atoms with Crippen molar-refractivity contribution >= 4 is 34.1 Å². The number of hydrogen-bond acceptors (Lipinski definition) is 8. The van der Waals surface area contributed by atoms with E-state index in [-0.39, 0.29) is 11.7 Å². The molecule has 3 aromatic rings. The van der Waals surface area contributed by atoms with Gasteiger partial charge in [0.05, 0.1) is 12.9 Å². The fourth-order valence-electron chi connectivity index (χ4n) is 2.70. The van der Waals surface area contributed by atoms with Crippen LogP contribution in [0.2, 0.25) is 0 Å². The quantitative estimate of drug-likeness (QED) is 0.357. The number of nitrogens with zero attached hydrogens (tertiary/aromatic N) is 5. The molecule has 30 heavy (non-hydrogen) atoms. The predicted molar refractivity (Wildman–Crippen MR) is 119 cm³/mol. The van der Waals surface area contributed by atoms with E-state index in [0.717, 1.165) is 35.0 Å². The number of methoxy groups -OCH3 is 1. The lowest BCUT2D eigenvalue weighted by atomic mass is 10.1. The van der Waals surface area contributed by atoms with Crippen LogP contribution in [0.1, 0.15) is 29.7 Å². The molecule has 0 spiro atoms. The summed E-state index contributed by atoms with van der Waals surface area (Å²) in [5, 5.41) is 21.6. The topological polar surface area (TPSA) is 94.8 Å². The molecule has 1 N–H and O–H groups in total. The molecule has 158 valence electrons. The van der Waals surface area contributed by atoms with Crippen molar-refractivity contribution in [3.63, 3.8) is 0 Å². The zero-order valence-electron chi connectivity index (χ0n) is 17.0. The predicted octanol–water partition coefficient (Wildman–Crippen LogP) is 3.60. The van der Waals surface area contributed by atoms with Crippen molar-refractivity contribution in [2.75, 3.05) is 18.2 Å². The highest BCUT2D eigenvalue weighted by Crippen LogP contribution is 2.21. The Morgan fingerprint density at radius 3 is 2.77 bits per heavy atom. The maximum atomic E-state index is 12.3. The van der Waals surface area contributed by atoms with Crippen molar-refractivity contribution in [3.05, 3.63) is 53.3 Å². The van der Waals surface area contributed by atoms with Gasteiger partial charge in [0, 0.05) is 19.4 Å². The number of nitrogens with one attached hydrogen (secondary N) is 1. The Kier molecular flexibility index (Phi) is 7.97. The smallest absolute Gasteiger partial charge is 0.236 e. The van der Waals surface area contributed by atoms with E-state index < -0.39 is 0 Å². The maximum Gasteiger partial charge on any atom is 0.236 e. The van der Waals surface area contributed by atoms with E-state index in [1.165, 1.54) is 23.1 Å². The van der Waals surface area contributed by atoms with Crippen molar-refractivity contribution < 1.29 is 9.53 Å². The van der Waals surface area contributed by atoms with Crippen LogP contribution in [0.25, 0.3) is 0 Å². The number of thioether (sulfide) groups is 1. The Bertz CT molecular complexity index is 984. The van der Waals surface area contributed by atoms with Gasteiger partial charge in [0.15, 0.2) is 5.16 Å². The minimum atomic E-state index is -0.149. The Labute approximate surface area is 183 Å². The fraction of sp³-hybridized carbons (Fsp3) is 0.350. The van der Waals surface area contributed by atoms with Gasteiger partial charge in [-0.2, -0.15) is 0 Å². The minimum Gasteiger partial charge on any atom is -0.497 e. The lowest BCUT2D eigenvalue weighted by Gasteiger charge is -2.08. The number of rotatable bonds is 11. The number of aryl methyl sites for hydroxylation is 1. The molecule has 0 saturated heterocycles. The van der Waals surface area contributed by atoms with Gasteiger partial charge in [-0.15, -0.1) is 27.0 Å². The monoisotopic (exact) mass is 444 g/mol. The molecule has 1 aromatic carbocycles. The first-order valence-corrected chi connectivity index (χ1v) is 11.3. The maximum absolute atomic E-state index is 12.3. The number of benzene rings is 1. The Balaban J connectivity index is 1.62. The van der Waals surface area contributed by atoms with Gasteiger partial charge in [0.1, 0.15) is 16.6 Å². The normalized spacial score (nSPS) is 10.7. The molecule has 0 aliphatic heterocycles. The molecule has 0 unspecified atom stereocenters. The number of anilines is 1. The molecule has 0 saturated carbocycles. The summed E-state index contributed by atoms with van der Waals surface area (Å²) in [4.78, 5) is 12.3. The van der Waals surface area contributed by atoms with E-state index in [4.69, 9.17) is 4.74 Å². The molecular formula is C20H24N6O2S2. The molecule has 1 amide bonds. The standard InChI is InChI=1S/C20H24N6O2S2/c1-4-6-18-23-24-19(30-18)21-17(27)13-29-20-25-22-16(26(20)11-5-2)12-14-7-9-15(28-3)10-8-14/h5,7-10H,2,4,6,11-13H2,1,3H3,(H,21,24,27). The molecule has 0 fully saturated rings. The summed E-state index contributed by atoms with van der Waals surface area (Å²) in [5.41, 5.74) is 1.10. The van der Waals surface area contributed by atoms with Gasteiger partial charge in [0.25, 0.3) is 0 Å². The van der Waals surface area contributed by atoms with E-state index in [1.807, 2.05) is 28.8 Å². The average molecular weight is 445 g/mol. The molecule has 10 heteroatoms. The first-order valence-electron chi connectivity index (χ1n) is 9.53. The highest BCUT2D eigenvalue weighted by atomic mass is 32.2. The number of carbonyl (C=O) groups is 1. The second-order valence-corrected chi connectivity index (χ2v) is 8.42. The molecule has 0 aliphatic carbocycles. The molecule has 0 bridgehead atoms. The number of carbonyl (C=O) groups excluding carboxylic acids is 1. The molecule has 0 radical (unpaired) electrons. The van der Waals surface area contributed by atoms with Crippen LogP contribution in [0.15, 0.2) is 42.1 Å². The Morgan fingerprint density at radius 1 is 1.27 bits per heavy atom. The van der Waals surface area contributed by atoms with Crippen molar-refractivity contribution in [1.82, 2.24) is 25.0 Å². The van der Waals surface area contributed by atoms with Gasteiger partial charge < -0.3 is 9.30 Å². The lowest BCUT2D eigenvalue weighted by molar-refractivity contribution is -0.113. The summed E-state index contributed by atoms with van der Waals surface area (Å²) in [7, 11) is 1.64. The van der Waals surface area contributed by atoms with Crippen LogP contribution in [-0.4, -0.2) is 43.7 Å². The largest absolute Gasteiger partial charge is 0.497 e. The third-order valence-corrected chi connectivity index (χ3v) is 6.00. The van der Waals surface area contributed by atoms with E-state index >= 15 is 0 Å². The number of amides is 1. The zero-order valence-corrected chi connectivity index (χ0v) is 18.6. The van der Waals surface area contributed by atoms with Crippen LogP contribution in [0, 0.1) is 0 Å². The minimum absolute atomic E-state index is 0.149. The Morgan fingerprint density at radius 2 is 2.07 bits per heavy atom. The molecule has 8 nitrogen and oxygen atoms in total. The second-order valence-electron chi connectivity index (χ2n) is 6.41. The van der Waals surface area contributed by atoms with Crippen molar-refractivity contribution in [1.29, 1.82) is 0 Å². The number of ether oxygens (including phenoxy) is 1. The van der Waals surface area contributed by atoms with E-state index in [9.17, 15) is 4.79 Å². The summed E-state index contributed by atoms with van der Waals surface area (Å²) in [6.45, 7) is 6.47. The molecule has 0 aliphatic rings. The highest BCUT2D eigenvalue weighted by molar-refractivity contribution is 7.99. The molecule has 3 rings (SSSR count). The van der Waals surface area contributed by atoms with Crippen LogP contribution in [-0.2, 0) is 24.2 Å². The third-order valence-electron chi connectivity index (χ3n) is 4.14. The van der Waals surface area contributed by atoms with Gasteiger partial charge in [0.2, 0.25) is 11.0 Å². The second kappa shape index (κ2) is 10.9. The van der Waals surface area contributed by atoms with E-state index in [1.54, 1.807) is 13.2 Å². The highest BCUT2D eigenvalue weighted by Gasteiger charge is 2.15. The molecule has 2 heterocycles. The van der Waals surface area contributed by atoms with Gasteiger partial charge in [-0.1, -0.05) is 48.2 Å². The van der Waals surface area contributed by atoms with Crippen molar-refractivity contribution in [2.45, 2.75) is 37.9 Å². The van der Waals surface area contributed by atoms with Gasteiger partial charge >= 0.3 is 0 Å². The summed E-state index contributed by atoms with van der Waals surface area (Å²) < 4.78 is 7.17. The summed E-state index contributed by atoms with van der Waals surface area (Å²) in [5.74, 6) is 1.69. The molecule has 0 atom stereocenters. The molecule has 2 aromatic heterocycles. The van der Waals surface area contributed by atoms with E-state index in [0.29, 0.717) is 23.3 Å². The first kappa shape index (κ1) is 22.0. The Hall–Kier alpha value is -2.72. The number of allylic oxidation sites excluding steroid dienone is 1. The summed E-state index contributed by atoms with van der Waals surface area (Å²) in [6.07, 6.45) is 4.28. The lowest BCUT2D eigenvalue weighted by Crippen LogP contribution is -2.14. The summed E-state index contributed by atoms with van der Waals surface area (Å²) >= 11 is 2.74. The van der Waals surface area contributed by atoms with Crippen LogP contribution in [0.4, 0.5) is 5.13 Å². The van der Waals surface area contributed by atoms with Gasteiger partial charge in [-0.25, -0.2) is 0 Å². The van der Waals surface area contributed by atoms with Crippen LogP contribution < -0.4 is 10.1 Å². The van der Waals surface area contributed by atoms with Crippen LogP contribution >= 0.6 is 23.1 Å². The fourth-order valence-corrected chi connectivity index (χ4v) is 4.32. The summed E-state index contributed by atoms with van der Waals surface area (Å²) in [6, 6.07) is 7.84. The SMILES string of the molecule is C=CCn1c(Cc2ccc(OC)cc2)nnc1SCC(=O)Nc1nnc(CCC)s1. The van der Waals surface area contributed by atoms with E-state index in [2.05, 4.69) is 39.2 Å². The van der Waals surface area contributed by atoms with Crippen molar-refractivity contribution in [3.8, 4) is 5.75 Å². The van der Waals surface area contributed by atoms with Crippen LogP contribution in [0.5, 0.6) is 5.75 Å². The van der Waals surface area contributed by atoms with Crippen molar-refractivity contribution in [2.24, 2.45) is 0 Å². The third kappa shape index (κ3) is 5.90. The number of aromatic nitrogens is 5. The van der Waals surface area contributed by atoms with Gasteiger partial charge in [-0.05, 0) is 24.1 Å².